The number of aryl methyl sites for hydroxylation is 1. The maximum atomic E-state index is 12.4. The molecular formula is C22H19N3O2S. The molecule has 4 rings (SSSR count). The Bertz CT molecular complexity index is 1080. The number of hydrogen-bond acceptors (Lipinski definition) is 4. The van der Waals surface area contributed by atoms with Crippen molar-refractivity contribution in [3.05, 3.63) is 83.0 Å². The highest BCUT2D eigenvalue weighted by molar-refractivity contribution is 8.18. The summed E-state index contributed by atoms with van der Waals surface area (Å²) in [7, 11) is 1.62. The molecule has 0 radical (unpaired) electrons. The second-order valence-corrected chi connectivity index (χ2v) is 7.30. The van der Waals surface area contributed by atoms with Crippen LogP contribution in [-0.2, 0) is 4.79 Å². The Kier molecular flexibility index (Phi) is 5.04. The predicted octanol–water partition coefficient (Wildman–Crippen LogP) is 4.69. The zero-order chi connectivity index (χ0) is 19.5. The first-order valence-corrected chi connectivity index (χ1v) is 9.63. The maximum absolute atomic E-state index is 12.4. The molecule has 0 spiro atoms. The number of nitrogens with one attached hydrogen (secondary N) is 1. The standard InChI is InChI=1S/C22H19N3O2S/c1-15-6-3-4-8-19(15)25-13-5-7-17(25)14-20-21(26)24-22(28-20)23-16-9-11-18(27-2)12-10-16/h3-14H,1-2H3,(H,23,24,26)/b20-14+. The maximum Gasteiger partial charge on any atom is 0.264 e. The Balaban J connectivity index is 1.60. The summed E-state index contributed by atoms with van der Waals surface area (Å²) in [5.41, 5.74) is 3.96. The molecule has 1 saturated heterocycles. The third-order valence-electron chi connectivity index (χ3n) is 4.39. The lowest BCUT2D eigenvalue weighted by molar-refractivity contribution is -0.115. The number of benzene rings is 2. The largest absolute Gasteiger partial charge is 0.497 e. The molecule has 2 aromatic carbocycles. The van der Waals surface area contributed by atoms with E-state index in [1.165, 1.54) is 17.3 Å². The number of hydrogen-bond donors (Lipinski definition) is 1. The van der Waals surface area contributed by atoms with Gasteiger partial charge in [-0.25, -0.2) is 4.99 Å². The predicted molar refractivity (Wildman–Crippen MR) is 114 cm³/mol. The lowest BCUT2D eigenvalue weighted by Crippen LogP contribution is -2.19. The van der Waals surface area contributed by atoms with E-state index in [1.807, 2.05) is 60.8 Å². The molecule has 0 bridgehead atoms. The molecule has 6 heteroatoms. The van der Waals surface area contributed by atoms with Crippen molar-refractivity contribution < 1.29 is 9.53 Å². The molecule has 1 aliphatic rings. The zero-order valence-corrected chi connectivity index (χ0v) is 16.4. The number of ether oxygens (including phenoxy) is 1. The quantitative estimate of drug-likeness (QED) is 0.659. The Morgan fingerprint density at radius 1 is 1.07 bits per heavy atom. The minimum absolute atomic E-state index is 0.144. The number of nitrogens with zero attached hydrogens (tertiary/aromatic N) is 2. The van der Waals surface area contributed by atoms with Gasteiger partial charge in [0, 0.05) is 17.6 Å². The highest BCUT2D eigenvalue weighted by Gasteiger charge is 2.24. The molecule has 0 unspecified atom stereocenters. The van der Waals surface area contributed by atoms with Crippen LogP contribution < -0.4 is 10.1 Å². The second-order valence-electron chi connectivity index (χ2n) is 6.27. The van der Waals surface area contributed by atoms with Gasteiger partial charge in [0.2, 0.25) is 0 Å². The van der Waals surface area contributed by atoms with Crippen LogP contribution in [0.25, 0.3) is 11.8 Å². The highest BCUT2D eigenvalue weighted by atomic mass is 32.2. The van der Waals surface area contributed by atoms with Gasteiger partial charge < -0.3 is 14.6 Å². The third kappa shape index (κ3) is 3.73. The van der Waals surface area contributed by atoms with Crippen LogP contribution in [0.15, 0.2) is 76.8 Å². The minimum Gasteiger partial charge on any atom is -0.497 e. The Morgan fingerprint density at radius 3 is 2.61 bits per heavy atom. The summed E-state index contributed by atoms with van der Waals surface area (Å²) < 4.78 is 7.23. The van der Waals surface area contributed by atoms with E-state index in [-0.39, 0.29) is 5.91 Å². The Labute approximate surface area is 167 Å². The lowest BCUT2D eigenvalue weighted by Gasteiger charge is -2.09. The molecule has 0 aliphatic carbocycles. The number of aliphatic imine (C=N–C) groups is 1. The van der Waals surface area contributed by atoms with E-state index in [0.717, 1.165) is 22.8 Å². The van der Waals surface area contributed by atoms with Gasteiger partial charge in [0.05, 0.1) is 17.7 Å². The number of methoxy groups -OCH3 is 1. The number of carbonyl (C=O) groups is 1. The van der Waals surface area contributed by atoms with Crippen LogP contribution in [-0.4, -0.2) is 22.8 Å². The monoisotopic (exact) mass is 389 g/mol. The van der Waals surface area contributed by atoms with Gasteiger partial charge in [0.1, 0.15) is 5.75 Å². The molecule has 140 valence electrons. The fraction of sp³-hybridized carbons (Fsp3) is 0.0909. The van der Waals surface area contributed by atoms with Crippen LogP contribution >= 0.6 is 11.8 Å². The molecule has 1 amide bonds. The summed E-state index contributed by atoms with van der Waals surface area (Å²) in [5, 5.41) is 3.39. The molecule has 2 heterocycles. The summed E-state index contributed by atoms with van der Waals surface area (Å²) in [6.07, 6.45) is 3.89. The molecule has 1 N–H and O–H groups in total. The first-order chi connectivity index (χ1) is 13.6. The van der Waals surface area contributed by atoms with Crippen molar-refractivity contribution in [3.63, 3.8) is 0 Å². The average molecular weight is 389 g/mol. The third-order valence-corrected chi connectivity index (χ3v) is 5.30. The van der Waals surface area contributed by atoms with Gasteiger partial charge in [-0.3, -0.25) is 4.79 Å². The summed E-state index contributed by atoms with van der Waals surface area (Å²) in [6, 6.07) is 19.5. The fourth-order valence-corrected chi connectivity index (χ4v) is 3.78. The first kappa shape index (κ1) is 18.1. The van der Waals surface area contributed by atoms with Gasteiger partial charge in [-0.15, -0.1) is 0 Å². The van der Waals surface area contributed by atoms with E-state index in [1.54, 1.807) is 7.11 Å². The molecule has 0 atom stereocenters. The SMILES string of the molecule is COc1ccc(N=C2NC(=O)/C(=C\c3cccn3-c3ccccc3C)S2)cc1. The zero-order valence-electron chi connectivity index (χ0n) is 15.5. The number of amidine groups is 1. The van der Waals surface area contributed by atoms with Crippen molar-refractivity contribution in [2.24, 2.45) is 4.99 Å². The summed E-state index contributed by atoms with van der Waals surface area (Å²) in [6.45, 7) is 2.07. The van der Waals surface area contributed by atoms with Crippen molar-refractivity contribution in [3.8, 4) is 11.4 Å². The first-order valence-electron chi connectivity index (χ1n) is 8.81. The molecular weight excluding hydrogens is 370 g/mol. The second kappa shape index (κ2) is 7.78. The number of carbonyl (C=O) groups excluding carboxylic acids is 1. The van der Waals surface area contributed by atoms with Crippen molar-refractivity contribution in [2.45, 2.75) is 6.92 Å². The van der Waals surface area contributed by atoms with E-state index in [0.29, 0.717) is 10.1 Å². The van der Waals surface area contributed by atoms with Crippen LogP contribution in [0.2, 0.25) is 0 Å². The average Bonchev–Trinajstić information content (AvgIpc) is 3.29. The topological polar surface area (TPSA) is 55.6 Å². The van der Waals surface area contributed by atoms with Gasteiger partial charge in [-0.05, 0) is 72.8 Å². The number of para-hydroxylation sites is 1. The molecule has 1 aromatic heterocycles. The molecule has 0 saturated carbocycles. The fourth-order valence-electron chi connectivity index (χ4n) is 2.95. The molecule has 5 nitrogen and oxygen atoms in total. The number of amides is 1. The highest BCUT2D eigenvalue weighted by Crippen LogP contribution is 2.29. The molecule has 1 fully saturated rings. The number of thioether (sulfide) groups is 1. The van der Waals surface area contributed by atoms with Gasteiger partial charge in [-0.2, -0.15) is 0 Å². The lowest BCUT2D eigenvalue weighted by atomic mass is 10.2. The normalized spacial score (nSPS) is 16.6. The summed E-state index contributed by atoms with van der Waals surface area (Å²) in [4.78, 5) is 17.5. The van der Waals surface area contributed by atoms with Crippen molar-refractivity contribution in [1.82, 2.24) is 9.88 Å². The minimum atomic E-state index is -0.144. The van der Waals surface area contributed by atoms with Gasteiger partial charge in [-0.1, -0.05) is 18.2 Å². The Morgan fingerprint density at radius 2 is 1.86 bits per heavy atom. The Hall–Kier alpha value is -3.25. The van der Waals surface area contributed by atoms with Gasteiger partial charge >= 0.3 is 0 Å². The van der Waals surface area contributed by atoms with Crippen LogP contribution in [0, 0.1) is 6.92 Å². The van der Waals surface area contributed by atoms with Crippen molar-refractivity contribution in [2.75, 3.05) is 7.11 Å². The van der Waals surface area contributed by atoms with Crippen LogP contribution in [0.4, 0.5) is 5.69 Å². The van der Waals surface area contributed by atoms with E-state index < -0.39 is 0 Å². The van der Waals surface area contributed by atoms with Crippen molar-refractivity contribution >= 4 is 34.6 Å². The molecule has 28 heavy (non-hydrogen) atoms. The summed E-state index contributed by atoms with van der Waals surface area (Å²) in [5.74, 6) is 0.624. The van der Waals surface area contributed by atoms with E-state index in [4.69, 9.17) is 4.74 Å². The van der Waals surface area contributed by atoms with Gasteiger partial charge in [0.15, 0.2) is 5.17 Å². The van der Waals surface area contributed by atoms with E-state index >= 15 is 0 Å². The molecule has 1 aliphatic heterocycles. The van der Waals surface area contributed by atoms with Crippen molar-refractivity contribution in [1.29, 1.82) is 0 Å². The summed E-state index contributed by atoms with van der Waals surface area (Å²) >= 11 is 1.34. The van der Waals surface area contributed by atoms with E-state index in [2.05, 4.69) is 33.9 Å². The number of rotatable bonds is 4. The van der Waals surface area contributed by atoms with Crippen LogP contribution in [0.1, 0.15) is 11.3 Å². The van der Waals surface area contributed by atoms with Crippen LogP contribution in [0.3, 0.4) is 0 Å². The van der Waals surface area contributed by atoms with E-state index in [9.17, 15) is 4.79 Å². The molecule has 3 aromatic rings. The number of aromatic nitrogens is 1. The van der Waals surface area contributed by atoms with Gasteiger partial charge in [0.25, 0.3) is 5.91 Å². The van der Waals surface area contributed by atoms with Crippen LogP contribution in [0.5, 0.6) is 5.75 Å². The smallest absolute Gasteiger partial charge is 0.264 e.